The quantitative estimate of drug-likeness (QED) is 0.345. The Hall–Kier alpha value is -2.53. The summed E-state index contributed by atoms with van der Waals surface area (Å²) in [5, 5.41) is 3.00. The van der Waals surface area contributed by atoms with Crippen LogP contribution in [0.2, 0.25) is 0 Å². The molecule has 3 rings (SSSR count). The van der Waals surface area contributed by atoms with Crippen LogP contribution < -0.4 is 5.32 Å². The minimum Gasteiger partial charge on any atom is -0.337 e. The predicted octanol–water partition coefficient (Wildman–Crippen LogP) is 7.05. The van der Waals surface area contributed by atoms with Gasteiger partial charge in [-0.2, -0.15) is 0 Å². The van der Waals surface area contributed by atoms with E-state index in [4.69, 9.17) is 0 Å². The van der Waals surface area contributed by atoms with Crippen molar-refractivity contribution in [3.8, 4) is 0 Å². The number of thioether (sulfide) groups is 1. The van der Waals surface area contributed by atoms with Crippen LogP contribution in [-0.2, 0) is 6.42 Å². The van der Waals surface area contributed by atoms with Gasteiger partial charge in [-0.1, -0.05) is 51.3 Å². The van der Waals surface area contributed by atoms with Crippen LogP contribution in [-0.4, -0.2) is 21.6 Å². The smallest absolute Gasteiger partial charge is 0.255 e. The van der Waals surface area contributed by atoms with Crippen LogP contribution in [0.1, 0.15) is 68.2 Å². The first kappa shape index (κ1) is 22.2. The number of rotatable bonds is 10. The predicted molar refractivity (Wildman–Crippen MR) is 130 cm³/mol. The summed E-state index contributed by atoms with van der Waals surface area (Å²) in [4.78, 5) is 21.8. The van der Waals surface area contributed by atoms with E-state index < -0.39 is 0 Å². The van der Waals surface area contributed by atoms with E-state index in [-0.39, 0.29) is 5.91 Å². The zero-order chi connectivity index (χ0) is 21.3. The Morgan fingerprint density at radius 1 is 1.10 bits per heavy atom. The van der Waals surface area contributed by atoms with Crippen LogP contribution >= 0.6 is 11.8 Å². The molecule has 0 fully saturated rings. The third-order valence-electron chi connectivity index (χ3n) is 5.07. The Balaban J connectivity index is 1.66. The normalized spacial score (nSPS) is 11.8. The first-order valence-corrected chi connectivity index (χ1v) is 11.8. The maximum Gasteiger partial charge on any atom is 0.255 e. The Labute approximate surface area is 183 Å². The highest BCUT2D eigenvalue weighted by Gasteiger charge is 2.10. The standard InChI is InChI=1S/C25H31N3OS/c1-4-7-8-9-10-18-11-13-19(14-12-18)25(29)26-20-15-16-21-22(17-20)28-24(27-21)23(5-2)30-6-3/h5,11-17H,4,6-10H2,1-3H3,(H,26,29)(H,27,28)/b23-5-. The third kappa shape index (κ3) is 5.76. The molecule has 1 amide bonds. The molecule has 0 bridgehead atoms. The number of carbonyl (C=O) groups excluding carboxylic acids is 1. The summed E-state index contributed by atoms with van der Waals surface area (Å²) in [5.74, 6) is 1.77. The Morgan fingerprint density at radius 2 is 1.90 bits per heavy atom. The highest BCUT2D eigenvalue weighted by atomic mass is 32.2. The number of hydrogen-bond donors (Lipinski definition) is 2. The molecule has 4 nitrogen and oxygen atoms in total. The van der Waals surface area contributed by atoms with Gasteiger partial charge in [0.1, 0.15) is 5.82 Å². The first-order chi connectivity index (χ1) is 14.6. The van der Waals surface area contributed by atoms with Crippen molar-refractivity contribution in [2.24, 2.45) is 0 Å². The molecule has 0 aliphatic carbocycles. The molecule has 0 atom stereocenters. The second kappa shape index (κ2) is 11.0. The average Bonchev–Trinajstić information content (AvgIpc) is 3.18. The number of allylic oxidation sites excluding steroid dienone is 1. The van der Waals surface area contributed by atoms with Crippen LogP contribution in [0.3, 0.4) is 0 Å². The van der Waals surface area contributed by atoms with E-state index in [1.807, 2.05) is 37.3 Å². The second-order valence-electron chi connectivity index (χ2n) is 7.36. The van der Waals surface area contributed by atoms with Gasteiger partial charge in [-0.05, 0) is 61.4 Å². The number of aryl methyl sites for hydroxylation is 1. The van der Waals surface area contributed by atoms with Gasteiger partial charge in [-0.25, -0.2) is 4.98 Å². The lowest BCUT2D eigenvalue weighted by molar-refractivity contribution is 0.102. The summed E-state index contributed by atoms with van der Waals surface area (Å²) in [6.45, 7) is 6.37. The molecule has 158 valence electrons. The number of aromatic nitrogens is 2. The van der Waals surface area contributed by atoms with Crippen molar-refractivity contribution in [3.63, 3.8) is 0 Å². The number of H-pyrrole nitrogens is 1. The first-order valence-electron chi connectivity index (χ1n) is 10.8. The van der Waals surface area contributed by atoms with Crippen molar-refractivity contribution < 1.29 is 4.79 Å². The van der Waals surface area contributed by atoms with E-state index in [1.165, 1.54) is 31.2 Å². The van der Waals surface area contributed by atoms with Crippen molar-refractivity contribution in [2.75, 3.05) is 11.1 Å². The molecule has 1 aromatic heterocycles. The molecular formula is C25H31N3OS. The van der Waals surface area contributed by atoms with E-state index in [0.717, 1.165) is 39.6 Å². The van der Waals surface area contributed by atoms with Crippen LogP contribution in [0.4, 0.5) is 5.69 Å². The highest BCUT2D eigenvalue weighted by Crippen LogP contribution is 2.27. The van der Waals surface area contributed by atoms with Gasteiger partial charge in [0, 0.05) is 16.2 Å². The largest absolute Gasteiger partial charge is 0.337 e. The van der Waals surface area contributed by atoms with E-state index in [1.54, 1.807) is 11.8 Å². The van der Waals surface area contributed by atoms with Crippen LogP contribution in [0, 0.1) is 0 Å². The number of aromatic amines is 1. The fraction of sp³-hybridized carbons (Fsp3) is 0.360. The number of anilines is 1. The molecule has 0 saturated heterocycles. The number of fused-ring (bicyclic) bond motifs is 1. The number of imidazole rings is 1. The third-order valence-corrected chi connectivity index (χ3v) is 6.10. The fourth-order valence-corrected chi connectivity index (χ4v) is 4.14. The topological polar surface area (TPSA) is 57.8 Å². The lowest BCUT2D eigenvalue weighted by Gasteiger charge is -2.07. The molecule has 0 unspecified atom stereocenters. The van der Waals surface area contributed by atoms with E-state index in [9.17, 15) is 4.79 Å². The van der Waals surface area contributed by atoms with Gasteiger partial charge in [0.05, 0.1) is 11.0 Å². The van der Waals surface area contributed by atoms with Gasteiger partial charge in [0.15, 0.2) is 0 Å². The summed E-state index contributed by atoms with van der Waals surface area (Å²) >= 11 is 1.76. The van der Waals surface area contributed by atoms with Crippen LogP contribution in [0.25, 0.3) is 15.9 Å². The highest BCUT2D eigenvalue weighted by molar-refractivity contribution is 8.08. The monoisotopic (exact) mass is 421 g/mol. The minimum atomic E-state index is -0.0951. The molecule has 0 aliphatic rings. The van der Waals surface area contributed by atoms with E-state index >= 15 is 0 Å². The molecule has 2 N–H and O–H groups in total. The van der Waals surface area contributed by atoms with Gasteiger partial charge in [-0.15, -0.1) is 11.8 Å². The molecule has 0 radical (unpaired) electrons. The SMILES string of the molecule is C/C=C(\SCC)c1nc2ccc(NC(=O)c3ccc(CCCCCC)cc3)cc2[nH]1. The van der Waals surface area contributed by atoms with Crippen molar-refractivity contribution in [1.29, 1.82) is 0 Å². The molecule has 0 saturated carbocycles. The van der Waals surface area contributed by atoms with Crippen molar-refractivity contribution in [1.82, 2.24) is 9.97 Å². The second-order valence-corrected chi connectivity index (χ2v) is 8.67. The maximum atomic E-state index is 12.7. The molecule has 2 aromatic carbocycles. The van der Waals surface area contributed by atoms with Gasteiger partial charge < -0.3 is 10.3 Å². The summed E-state index contributed by atoms with van der Waals surface area (Å²) in [6.07, 6.45) is 8.16. The van der Waals surface area contributed by atoms with E-state index in [2.05, 4.69) is 47.3 Å². The molecule has 1 heterocycles. The molecule has 30 heavy (non-hydrogen) atoms. The number of carbonyl (C=O) groups is 1. The van der Waals surface area contributed by atoms with Crippen molar-refractivity contribution in [3.05, 3.63) is 65.5 Å². The summed E-state index contributed by atoms with van der Waals surface area (Å²) < 4.78 is 0. The Bertz CT molecular complexity index is 1000. The van der Waals surface area contributed by atoms with Crippen LogP contribution in [0.5, 0.6) is 0 Å². The lowest BCUT2D eigenvalue weighted by Crippen LogP contribution is -2.11. The minimum absolute atomic E-state index is 0.0951. The number of unbranched alkanes of at least 4 members (excludes halogenated alkanes) is 3. The average molecular weight is 422 g/mol. The fourth-order valence-electron chi connectivity index (χ4n) is 3.43. The molecule has 0 spiro atoms. The number of nitrogens with one attached hydrogen (secondary N) is 2. The molecule has 0 aliphatic heterocycles. The number of benzene rings is 2. The summed E-state index contributed by atoms with van der Waals surface area (Å²) in [6, 6.07) is 13.7. The maximum absolute atomic E-state index is 12.7. The molecular weight excluding hydrogens is 390 g/mol. The number of amides is 1. The number of nitrogens with zero attached hydrogens (tertiary/aromatic N) is 1. The molecule has 5 heteroatoms. The zero-order valence-electron chi connectivity index (χ0n) is 18.1. The Morgan fingerprint density at radius 3 is 2.60 bits per heavy atom. The van der Waals surface area contributed by atoms with Gasteiger partial charge in [0.2, 0.25) is 0 Å². The summed E-state index contributed by atoms with van der Waals surface area (Å²) in [5.41, 5.74) is 4.54. The summed E-state index contributed by atoms with van der Waals surface area (Å²) in [7, 11) is 0. The molecule has 3 aromatic rings. The van der Waals surface area contributed by atoms with Gasteiger partial charge in [0.25, 0.3) is 5.91 Å². The Kier molecular flexibility index (Phi) is 8.14. The lowest BCUT2D eigenvalue weighted by atomic mass is 10.0. The van der Waals surface area contributed by atoms with Crippen molar-refractivity contribution in [2.45, 2.75) is 52.9 Å². The van der Waals surface area contributed by atoms with E-state index in [0.29, 0.717) is 5.56 Å². The number of hydrogen-bond acceptors (Lipinski definition) is 3. The zero-order valence-corrected chi connectivity index (χ0v) is 18.9. The van der Waals surface area contributed by atoms with Crippen molar-refractivity contribution >= 4 is 39.3 Å². The van der Waals surface area contributed by atoms with Gasteiger partial charge in [-0.3, -0.25) is 4.79 Å². The van der Waals surface area contributed by atoms with Gasteiger partial charge >= 0.3 is 0 Å². The van der Waals surface area contributed by atoms with Crippen LogP contribution in [0.15, 0.2) is 48.5 Å².